The number of benzene rings is 5. The van der Waals surface area contributed by atoms with Crippen LogP contribution >= 0.6 is 11.6 Å². The lowest BCUT2D eigenvalue weighted by atomic mass is 9.49. The minimum atomic E-state index is -1.55. The van der Waals surface area contributed by atoms with E-state index < -0.39 is 52.7 Å². The van der Waals surface area contributed by atoms with E-state index in [1.807, 2.05) is 66.7 Å². The Labute approximate surface area is 334 Å². The van der Waals surface area contributed by atoms with Crippen LogP contribution in [0, 0.1) is 23.7 Å². The minimum Gasteiger partial charge on any atom is -0.508 e. The number of carbonyl (C=O) groups is 5. The summed E-state index contributed by atoms with van der Waals surface area (Å²) in [6, 6.07) is 36.8. The van der Waals surface area contributed by atoms with E-state index in [0.717, 1.165) is 5.56 Å². The van der Waals surface area contributed by atoms with Crippen LogP contribution in [0.15, 0.2) is 139 Å². The van der Waals surface area contributed by atoms with Crippen molar-refractivity contribution in [3.05, 3.63) is 166 Å². The molecule has 9 rings (SSSR count). The van der Waals surface area contributed by atoms with Gasteiger partial charge in [-0.15, -0.1) is 0 Å². The van der Waals surface area contributed by atoms with Crippen LogP contribution in [0.2, 0.25) is 5.02 Å². The number of carbonyl (C=O) groups excluding carboxylic acids is 5. The number of phenols is 1. The van der Waals surface area contributed by atoms with E-state index in [1.165, 1.54) is 22.8 Å². The van der Waals surface area contributed by atoms with Crippen LogP contribution in [-0.4, -0.2) is 34.5 Å². The summed E-state index contributed by atoms with van der Waals surface area (Å²) in [5, 5.41) is 12.4. The number of halogens is 1. The average Bonchev–Trinajstić information content (AvgIpc) is 3.61. The lowest BCUT2D eigenvalue weighted by Gasteiger charge is -2.50. The van der Waals surface area contributed by atoms with Gasteiger partial charge in [-0.25, -0.2) is 4.90 Å². The van der Waals surface area contributed by atoms with Crippen molar-refractivity contribution in [2.24, 2.45) is 23.7 Å². The second-order valence-corrected chi connectivity index (χ2v) is 15.6. The topological polar surface area (TPSA) is 121 Å². The van der Waals surface area contributed by atoms with Gasteiger partial charge in [-0.3, -0.25) is 28.9 Å². The number of fused-ring (bicyclic) bond motifs is 4. The maximum atomic E-state index is 15.5. The first-order valence-corrected chi connectivity index (χ1v) is 19.3. The molecule has 57 heavy (non-hydrogen) atoms. The van der Waals surface area contributed by atoms with Crippen LogP contribution in [0.25, 0.3) is 0 Å². The molecule has 0 unspecified atom stereocenters. The van der Waals surface area contributed by atoms with E-state index in [-0.39, 0.29) is 36.9 Å². The highest BCUT2D eigenvalue weighted by Crippen LogP contribution is 2.65. The molecule has 3 fully saturated rings. The van der Waals surface area contributed by atoms with Crippen molar-refractivity contribution in [3.63, 3.8) is 0 Å². The number of aromatic hydroxyl groups is 1. The minimum absolute atomic E-state index is 0.106. The molecule has 1 N–H and O–H groups in total. The molecule has 0 radical (unpaired) electrons. The summed E-state index contributed by atoms with van der Waals surface area (Å²) in [6.07, 6.45) is 2.27. The van der Waals surface area contributed by atoms with Crippen molar-refractivity contribution in [2.45, 2.75) is 37.7 Å². The van der Waals surface area contributed by atoms with E-state index in [1.54, 1.807) is 60.7 Å². The first-order valence-electron chi connectivity index (χ1n) is 19.0. The van der Waals surface area contributed by atoms with E-state index in [9.17, 15) is 19.5 Å². The number of hydrogen-bond acceptors (Lipinski definition) is 7. The average molecular weight is 777 g/mol. The molecule has 0 bridgehead atoms. The van der Waals surface area contributed by atoms with Crippen LogP contribution < -0.4 is 14.5 Å². The van der Waals surface area contributed by atoms with Gasteiger partial charge in [-0.05, 0) is 85.3 Å². The number of anilines is 2. The molecule has 6 atom stereocenters. The second-order valence-electron chi connectivity index (χ2n) is 15.2. The smallest absolute Gasteiger partial charge is 0.246 e. The van der Waals surface area contributed by atoms with E-state index in [4.69, 9.17) is 16.3 Å². The Morgan fingerprint density at radius 3 is 2.18 bits per heavy atom. The number of ether oxygens (including phenoxy) is 1. The maximum Gasteiger partial charge on any atom is 0.246 e. The predicted molar refractivity (Wildman–Crippen MR) is 214 cm³/mol. The monoisotopic (exact) mass is 776 g/mol. The highest BCUT2D eigenvalue weighted by atomic mass is 35.5. The molecule has 2 saturated heterocycles. The molecule has 0 spiro atoms. The van der Waals surface area contributed by atoms with Crippen LogP contribution in [0.4, 0.5) is 11.4 Å². The molecule has 2 aliphatic carbocycles. The molecule has 0 aromatic heterocycles. The van der Waals surface area contributed by atoms with Crippen molar-refractivity contribution in [1.29, 1.82) is 0 Å². The largest absolute Gasteiger partial charge is 0.508 e. The number of amides is 4. The van der Waals surface area contributed by atoms with Gasteiger partial charge < -0.3 is 9.84 Å². The fourth-order valence-corrected chi connectivity index (χ4v) is 9.97. The highest BCUT2D eigenvalue weighted by molar-refractivity contribution is 6.32. The van der Waals surface area contributed by atoms with Crippen molar-refractivity contribution in [2.75, 3.05) is 9.80 Å². The van der Waals surface area contributed by atoms with Gasteiger partial charge in [0.2, 0.25) is 23.6 Å². The summed E-state index contributed by atoms with van der Waals surface area (Å²) < 4.78 is 6.08. The first kappa shape index (κ1) is 36.3. The molecule has 4 amide bonds. The summed E-state index contributed by atoms with van der Waals surface area (Å²) in [6.45, 7) is 1.71. The number of nitrogens with zero attached hydrogens (tertiary/aromatic N) is 2. The number of phenolic OH excluding ortho intramolecular Hbond substituents is 1. The Morgan fingerprint density at radius 1 is 0.772 bits per heavy atom. The van der Waals surface area contributed by atoms with Crippen LogP contribution in [0.5, 0.6) is 11.5 Å². The van der Waals surface area contributed by atoms with Crippen molar-refractivity contribution in [1.82, 2.24) is 0 Å². The Hall–Kier alpha value is -6.32. The number of allylic oxidation sites excluding steroid dienone is 2. The lowest BCUT2D eigenvalue weighted by Crippen LogP contribution is -2.53. The zero-order valence-electron chi connectivity index (χ0n) is 30.9. The summed E-state index contributed by atoms with van der Waals surface area (Å²) in [7, 11) is 0. The lowest BCUT2D eigenvalue weighted by molar-refractivity contribution is -0.127. The summed E-state index contributed by atoms with van der Waals surface area (Å²) in [5.41, 5.74) is 2.23. The second kappa shape index (κ2) is 14.0. The number of hydrogen-bond donors (Lipinski definition) is 1. The molecular weight excluding hydrogens is 740 g/mol. The van der Waals surface area contributed by atoms with Crippen molar-refractivity contribution >= 4 is 52.4 Å². The zero-order chi connectivity index (χ0) is 39.6. The molecule has 1 saturated carbocycles. The third kappa shape index (κ3) is 5.71. The molecule has 10 heteroatoms. The van der Waals surface area contributed by atoms with Crippen LogP contribution in [0.3, 0.4) is 0 Å². The Morgan fingerprint density at radius 2 is 1.49 bits per heavy atom. The SMILES string of the molecule is CC(=O)c1ccc(N2C(=O)[C@H]3[C@H](CC=C4[C@H]3C[C@H]3C(=O)N(c5cccc(Cl)c5)C(=O)[C@@]3(c3ccccc3)[C@H]4c3ccc(OCc4ccccc4)cc3O)C2=O)cc1. The fraction of sp³-hybridized carbons (Fsp3) is 0.213. The third-order valence-corrected chi connectivity index (χ3v) is 12.5. The molecule has 4 aliphatic rings. The quantitative estimate of drug-likeness (QED) is 0.0959. The normalized spacial score (nSPS) is 25.2. The van der Waals surface area contributed by atoms with Crippen molar-refractivity contribution < 1.29 is 33.8 Å². The van der Waals surface area contributed by atoms with E-state index in [0.29, 0.717) is 44.4 Å². The fourth-order valence-electron chi connectivity index (χ4n) is 9.79. The Kier molecular flexibility index (Phi) is 8.93. The van der Waals surface area contributed by atoms with Gasteiger partial charge >= 0.3 is 0 Å². The molecule has 2 aliphatic heterocycles. The standard InChI is InChI=1S/C47H37ClN2O7/c1-27(51)29-15-17-32(18-16-29)49-43(53)37-22-21-35-38(41(37)45(49)55)25-39-44(54)50(33-14-8-13-31(48)23-33)46(56)47(39,30-11-6-3-7-12-30)42(35)36-20-19-34(24-40(36)52)57-26-28-9-4-2-5-10-28/h2-21,23-24,37-39,41-42,52H,22,25-26H2,1H3/t37-,38+,39-,41-,42+,47+/m0/s1. The van der Waals surface area contributed by atoms with Gasteiger partial charge in [0, 0.05) is 28.1 Å². The molecular formula is C47H37ClN2O7. The van der Waals surface area contributed by atoms with Gasteiger partial charge in [0.15, 0.2) is 5.78 Å². The van der Waals surface area contributed by atoms with Crippen LogP contribution in [0.1, 0.15) is 52.7 Å². The molecule has 5 aromatic carbocycles. The van der Waals surface area contributed by atoms with Gasteiger partial charge in [0.1, 0.15) is 18.1 Å². The molecule has 9 nitrogen and oxygen atoms in total. The van der Waals surface area contributed by atoms with E-state index >= 15 is 9.59 Å². The third-order valence-electron chi connectivity index (χ3n) is 12.3. The number of Topliss-reactive ketones (excluding diaryl/α,β-unsaturated/α-hetero) is 1. The molecule has 284 valence electrons. The van der Waals surface area contributed by atoms with Crippen molar-refractivity contribution in [3.8, 4) is 11.5 Å². The first-order chi connectivity index (χ1) is 27.6. The summed E-state index contributed by atoms with van der Waals surface area (Å²) in [5.74, 6) is -5.62. The Bertz CT molecular complexity index is 2500. The number of ketones is 1. The summed E-state index contributed by atoms with van der Waals surface area (Å²) >= 11 is 6.43. The van der Waals surface area contributed by atoms with Gasteiger partial charge in [-0.1, -0.05) is 96.0 Å². The predicted octanol–water partition coefficient (Wildman–Crippen LogP) is 8.19. The Balaban J connectivity index is 1.20. The van der Waals surface area contributed by atoms with E-state index in [2.05, 4.69) is 0 Å². The highest BCUT2D eigenvalue weighted by Gasteiger charge is 2.70. The van der Waals surface area contributed by atoms with Gasteiger partial charge in [0.05, 0.1) is 34.5 Å². The summed E-state index contributed by atoms with van der Waals surface area (Å²) in [4.78, 5) is 73.8. The van der Waals surface area contributed by atoms with Crippen LogP contribution in [-0.2, 0) is 31.2 Å². The van der Waals surface area contributed by atoms with Gasteiger partial charge in [-0.2, -0.15) is 0 Å². The molecule has 5 aromatic rings. The molecule has 2 heterocycles. The number of imide groups is 2. The number of rotatable bonds is 8. The van der Waals surface area contributed by atoms with Gasteiger partial charge in [0.25, 0.3) is 0 Å². The maximum absolute atomic E-state index is 15.5. The zero-order valence-corrected chi connectivity index (χ0v) is 31.6.